The maximum absolute atomic E-state index is 10.0. The van der Waals surface area contributed by atoms with Crippen LogP contribution in [-0.4, -0.2) is 10.0 Å². The van der Waals surface area contributed by atoms with Gasteiger partial charge in [-0.2, -0.15) is 0 Å². The van der Waals surface area contributed by atoms with Gasteiger partial charge in [0, 0.05) is 0 Å². The fourth-order valence-corrected chi connectivity index (χ4v) is 3.17. The van der Waals surface area contributed by atoms with Crippen LogP contribution < -0.4 is 0 Å². The lowest BCUT2D eigenvalue weighted by Crippen LogP contribution is -2.38. The minimum absolute atomic E-state index is 0.384. The van der Waals surface area contributed by atoms with E-state index < -0.39 is 4.93 Å². The summed E-state index contributed by atoms with van der Waals surface area (Å²) >= 11 is 4.35. The summed E-state index contributed by atoms with van der Waals surface area (Å²) in [7, 11) is 0. The number of rotatable bonds is 3. The predicted molar refractivity (Wildman–Crippen MR) is 64.5 cm³/mol. The zero-order valence-corrected chi connectivity index (χ0v) is 10.6. The third kappa shape index (κ3) is 2.90. The van der Waals surface area contributed by atoms with E-state index >= 15 is 0 Å². The predicted octanol–water partition coefficient (Wildman–Crippen LogP) is 3.48. The summed E-state index contributed by atoms with van der Waals surface area (Å²) in [6, 6.07) is 0. The molecule has 0 saturated heterocycles. The SMILES string of the molecule is CCC1CCC(CC)C([C@@](C)(O)S)C1. The lowest BCUT2D eigenvalue weighted by atomic mass is 9.70. The van der Waals surface area contributed by atoms with Crippen molar-refractivity contribution in [1.82, 2.24) is 0 Å². The second-order valence-electron chi connectivity index (χ2n) is 4.96. The van der Waals surface area contributed by atoms with E-state index in [1.54, 1.807) is 0 Å². The van der Waals surface area contributed by atoms with E-state index in [2.05, 4.69) is 26.5 Å². The molecule has 1 saturated carbocycles. The number of aliphatic hydroxyl groups is 1. The lowest BCUT2D eigenvalue weighted by molar-refractivity contribution is 0.0157. The van der Waals surface area contributed by atoms with Crippen molar-refractivity contribution in [2.75, 3.05) is 0 Å². The third-order valence-electron chi connectivity index (χ3n) is 3.91. The Kier molecular flexibility index (Phi) is 4.32. The normalized spacial score (nSPS) is 37.9. The molecule has 1 aliphatic rings. The molecule has 0 aliphatic heterocycles. The molecule has 1 nitrogen and oxygen atoms in total. The zero-order valence-electron chi connectivity index (χ0n) is 9.66. The molecule has 2 heteroatoms. The highest BCUT2D eigenvalue weighted by Crippen LogP contribution is 2.43. The van der Waals surface area contributed by atoms with Crippen LogP contribution in [0, 0.1) is 17.8 Å². The van der Waals surface area contributed by atoms with E-state index in [0.29, 0.717) is 11.8 Å². The topological polar surface area (TPSA) is 20.2 Å². The van der Waals surface area contributed by atoms with Crippen molar-refractivity contribution in [1.29, 1.82) is 0 Å². The quantitative estimate of drug-likeness (QED) is 0.547. The van der Waals surface area contributed by atoms with E-state index in [1.165, 1.54) is 25.7 Å². The second kappa shape index (κ2) is 4.89. The number of hydrogen-bond acceptors (Lipinski definition) is 2. The van der Waals surface area contributed by atoms with Gasteiger partial charge in [0.05, 0.1) is 0 Å². The second-order valence-corrected chi connectivity index (χ2v) is 5.86. The van der Waals surface area contributed by atoms with Gasteiger partial charge in [0.25, 0.3) is 0 Å². The van der Waals surface area contributed by atoms with Gasteiger partial charge in [0.1, 0.15) is 4.93 Å². The van der Waals surface area contributed by atoms with E-state index in [9.17, 15) is 5.11 Å². The average Bonchev–Trinajstić information content (AvgIpc) is 2.15. The molecule has 0 spiro atoms. The van der Waals surface area contributed by atoms with Crippen molar-refractivity contribution in [2.24, 2.45) is 17.8 Å². The molecule has 0 aromatic heterocycles. The Morgan fingerprint density at radius 1 is 1.29 bits per heavy atom. The summed E-state index contributed by atoms with van der Waals surface area (Å²) in [5, 5.41) is 10.0. The van der Waals surface area contributed by atoms with Crippen molar-refractivity contribution in [3.8, 4) is 0 Å². The van der Waals surface area contributed by atoms with Gasteiger partial charge in [-0.1, -0.05) is 33.1 Å². The summed E-state index contributed by atoms with van der Waals surface area (Å²) in [5.41, 5.74) is 0. The number of thiol groups is 1. The minimum atomic E-state index is -0.783. The summed E-state index contributed by atoms with van der Waals surface area (Å²) in [6.45, 7) is 6.33. The molecule has 0 radical (unpaired) electrons. The Morgan fingerprint density at radius 3 is 2.36 bits per heavy atom. The van der Waals surface area contributed by atoms with Crippen molar-refractivity contribution in [3.05, 3.63) is 0 Å². The van der Waals surface area contributed by atoms with Crippen LogP contribution in [0.4, 0.5) is 0 Å². The fourth-order valence-electron chi connectivity index (χ4n) is 2.85. The highest BCUT2D eigenvalue weighted by molar-refractivity contribution is 7.81. The van der Waals surface area contributed by atoms with Gasteiger partial charge in [-0.3, -0.25) is 0 Å². The van der Waals surface area contributed by atoms with Crippen LogP contribution in [0.1, 0.15) is 52.9 Å². The van der Waals surface area contributed by atoms with Crippen LogP contribution in [0.3, 0.4) is 0 Å². The van der Waals surface area contributed by atoms with Gasteiger partial charge in [-0.05, 0) is 37.5 Å². The standard InChI is InChI=1S/C12H24OS/c1-4-9-6-7-10(5-2)11(8-9)12(3,13)14/h9-11,13-14H,4-8H2,1-3H3/t9?,10?,11?,12-/m0/s1. The number of hydrogen-bond donors (Lipinski definition) is 2. The Balaban J connectivity index is 2.65. The molecular weight excluding hydrogens is 192 g/mol. The van der Waals surface area contributed by atoms with Gasteiger partial charge in [0.15, 0.2) is 0 Å². The molecule has 3 unspecified atom stereocenters. The Bertz CT molecular complexity index is 174. The van der Waals surface area contributed by atoms with Crippen LogP contribution in [0.2, 0.25) is 0 Å². The van der Waals surface area contributed by atoms with Crippen LogP contribution in [0.15, 0.2) is 0 Å². The molecular formula is C12H24OS. The van der Waals surface area contributed by atoms with Crippen molar-refractivity contribution in [2.45, 2.75) is 57.8 Å². The smallest absolute Gasteiger partial charge is 0.107 e. The Morgan fingerprint density at radius 2 is 1.93 bits per heavy atom. The summed E-state index contributed by atoms with van der Waals surface area (Å²) in [6.07, 6.45) is 6.20. The molecule has 0 aromatic rings. The largest absolute Gasteiger partial charge is 0.380 e. The first kappa shape index (κ1) is 12.4. The lowest BCUT2D eigenvalue weighted by Gasteiger charge is -2.41. The molecule has 1 N–H and O–H groups in total. The molecule has 0 amide bonds. The van der Waals surface area contributed by atoms with Gasteiger partial charge < -0.3 is 5.11 Å². The van der Waals surface area contributed by atoms with Crippen LogP contribution in [0.25, 0.3) is 0 Å². The first-order chi connectivity index (χ1) is 6.49. The molecule has 1 rings (SSSR count). The van der Waals surface area contributed by atoms with E-state index in [4.69, 9.17) is 0 Å². The molecule has 84 valence electrons. The van der Waals surface area contributed by atoms with Gasteiger partial charge >= 0.3 is 0 Å². The van der Waals surface area contributed by atoms with Crippen LogP contribution in [0.5, 0.6) is 0 Å². The highest BCUT2D eigenvalue weighted by atomic mass is 32.1. The van der Waals surface area contributed by atoms with E-state index in [1.807, 2.05) is 6.92 Å². The van der Waals surface area contributed by atoms with Gasteiger partial charge in [-0.15, -0.1) is 12.6 Å². The molecule has 4 atom stereocenters. The molecule has 0 bridgehead atoms. The van der Waals surface area contributed by atoms with E-state index in [0.717, 1.165) is 12.3 Å². The van der Waals surface area contributed by atoms with Crippen molar-refractivity contribution in [3.63, 3.8) is 0 Å². The Labute approximate surface area is 93.7 Å². The monoisotopic (exact) mass is 216 g/mol. The molecule has 0 aromatic carbocycles. The van der Waals surface area contributed by atoms with Crippen LogP contribution in [-0.2, 0) is 0 Å². The van der Waals surface area contributed by atoms with E-state index in [-0.39, 0.29) is 0 Å². The summed E-state index contributed by atoms with van der Waals surface area (Å²) in [5.74, 6) is 1.86. The summed E-state index contributed by atoms with van der Waals surface area (Å²) in [4.78, 5) is -0.783. The summed E-state index contributed by atoms with van der Waals surface area (Å²) < 4.78 is 0. The highest BCUT2D eigenvalue weighted by Gasteiger charge is 2.38. The minimum Gasteiger partial charge on any atom is -0.380 e. The van der Waals surface area contributed by atoms with Crippen molar-refractivity contribution >= 4 is 12.6 Å². The first-order valence-electron chi connectivity index (χ1n) is 5.93. The van der Waals surface area contributed by atoms with Crippen molar-refractivity contribution < 1.29 is 5.11 Å². The van der Waals surface area contributed by atoms with Crippen LogP contribution >= 0.6 is 12.6 Å². The Hall–Kier alpha value is 0.310. The first-order valence-corrected chi connectivity index (χ1v) is 6.38. The molecule has 1 aliphatic carbocycles. The zero-order chi connectivity index (χ0) is 10.8. The molecule has 1 fully saturated rings. The average molecular weight is 216 g/mol. The van der Waals surface area contributed by atoms with Gasteiger partial charge in [-0.25, -0.2) is 0 Å². The maximum atomic E-state index is 10.0. The molecule has 14 heavy (non-hydrogen) atoms. The third-order valence-corrected chi connectivity index (χ3v) is 4.24. The maximum Gasteiger partial charge on any atom is 0.107 e. The molecule has 0 heterocycles. The fraction of sp³-hybridized carbons (Fsp3) is 1.00. The van der Waals surface area contributed by atoms with Gasteiger partial charge in [0.2, 0.25) is 0 Å².